The van der Waals surface area contributed by atoms with Gasteiger partial charge in [-0.15, -0.1) is 0 Å². The number of hydrogen-bond acceptors (Lipinski definition) is 4. The van der Waals surface area contributed by atoms with Gasteiger partial charge in [-0.05, 0) is 44.6 Å². The first-order valence-corrected chi connectivity index (χ1v) is 8.00. The average Bonchev–Trinajstić information content (AvgIpc) is 2.93. The van der Waals surface area contributed by atoms with Crippen LogP contribution in [0.5, 0.6) is 0 Å². The van der Waals surface area contributed by atoms with Crippen LogP contribution in [-0.2, 0) is 13.0 Å². The van der Waals surface area contributed by atoms with Crippen molar-refractivity contribution in [2.75, 3.05) is 5.32 Å². The van der Waals surface area contributed by atoms with Crippen molar-refractivity contribution in [1.82, 2.24) is 14.8 Å². The van der Waals surface area contributed by atoms with Crippen LogP contribution in [0.2, 0.25) is 0 Å². The second-order valence-electron chi connectivity index (χ2n) is 5.86. The van der Waals surface area contributed by atoms with Crippen molar-refractivity contribution in [3.05, 3.63) is 18.0 Å². The summed E-state index contributed by atoms with van der Waals surface area (Å²) in [6.45, 7) is 5.07. The highest BCUT2D eigenvalue weighted by Gasteiger charge is 2.21. The molecule has 114 valence electrons. The number of rotatable bonds is 4. The summed E-state index contributed by atoms with van der Waals surface area (Å²) >= 11 is 0. The van der Waals surface area contributed by atoms with Crippen LogP contribution in [-0.4, -0.2) is 32.0 Å². The van der Waals surface area contributed by atoms with E-state index in [1.165, 1.54) is 11.3 Å². The third-order valence-corrected chi connectivity index (χ3v) is 4.47. The summed E-state index contributed by atoms with van der Waals surface area (Å²) in [6, 6.07) is 0.439. The van der Waals surface area contributed by atoms with Gasteiger partial charge in [-0.3, -0.25) is 0 Å². The molecule has 0 unspecified atom stereocenters. The van der Waals surface area contributed by atoms with Crippen LogP contribution in [0.1, 0.15) is 45.1 Å². The highest BCUT2D eigenvalue weighted by atomic mass is 16.3. The SMILES string of the molecule is CCc1cnc2c(cnn2CC)c1NC1CCC(O)CC1. The molecule has 21 heavy (non-hydrogen) atoms. The number of hydrogen-bond donors (Lipinski definition) is 2. The van der Waals surface area contributed by atoms with Gasteiger partial charge in [0.25, 0.3) is 0 Å². The monoisotopic (exact) mass is 288 g/mol. The van der Waals surface area contributed by atoms with E-state index in [1.807, 2.05) is 17.1 Å². The Bertz CT molecular complexity index is 614. The Morgan fingerprint density at radius 2 is 2.00 bits per heavy atom. The molecule has 0 atom stereocenters. The molecule has 2 aromatic rings. The maximum Gasteiger partial charge on any atom is 0.159 e. The number of aromatic nitrogens is 3. The maximum atomic E-state index is 9.65. The van der Waals surface area contributed by atoms with Gasteiger partial charge < -0.3 is 10.4 Å². The summed E-state index contributed by atoms with van der Waals surface area (Å²) in [5.41, 5.74) is 3.38. The van der Waals surface area contributed by atoms with E-state index in [0.29, 0.717) is 6.04 Å². The first-order valence-electron chi connectivity index (χ1n) is 8.00. The van der Waals surface area contributed by atoms with Gasteiger partial charge in [0.15, 0.2) is 5.65 Å². The fourth-order valence-corrected chi connectivity index (χ4v) is 3.16. The molecule has 1 aliphatic carbocycles. The predicted molar refractivity (Wildman–Crippen MR) is 84.5 cm³/mol. The van der Waals surface area contributed by atoms with Gasteiger partial charge in [0, 0.05) is 18.8 Å². The Morgan fingerprint density at radius 1 is 1.24 bits per heavy atom. The van der Waals surface area contributed by atoms with Crippen molar-refractivity contribution in [1.29, 1.82) is 0 Å². The van der Waals surface area contributed by atoms with Crippen LogP contribution in [0.15, 0.2) is 12.4 Å². The summed E-state index contributed by atoms with van der Waals surface area (Å²) in [5.74, 6) is 0. The number of aliphatic hydroxyl groups excluding tert-OH is 1. The van der Waals surface area contributed by atoms with Crippen molar-refractivity contribution in [2.24, 2.45) is 0 Å². The maximum absolute atomic E-state index is 9.65. The van der Waals surface area contributed by atoms with Crippen LogP contribution in [0, 0.1) is 0 Å². The zero-order chi connectivity index (χ0) is 14.8. The van der Waals surface area contributed by atoms with E-state index >= 15 is 0 Å². The van der Waals surface area contributed by atoms with Gasteiger partial charge in [0.2, 0.25) is 0 Å². The van der Waals surface area contributed by atoms with Crippen molar-refractivity contribution in [3.63, 3.8) is 0 Å². The van der Waals surface area contributed by atoms with E-state index in [9.17, 15) is 5.11 Å². The number of pyridine rings is 1. The summed E-state index contributed by atoms with van der Waals surface area (Å²) in [5, 5.41) is 18.9. The highest BCUT2D eigenvalue weighted by Crippen LogP contribution is 2.30. The van der Waals surface area contributed by atoms with Gasteiger partial charge in [-0.2, -0.15) is 5.10 Å². The lowest BCUT2D eigenvalue weighted by molar-refractivity contribution is 0.126. The number of anilines is 1. The number of aliphatic hydroxyl groups is 1. The smallest absolute Gasteiger partial charge is 0.159 e. The van der Waals surface area contributed by atoms with E-state index < -0.39 is 0 Å². The number of nitrogens with one attached hydrogen (secondary N) is 1. The fraction of sp³-hybridized carbons (Fsp3) is 0.625. The van der Waals surface area contributed by atoms with Gasteiger partial charge in [0.1, 0.15) is 0 Å². The summed E-state index contributed by atoms with van der Waals surface area (Å²) < 4.78 is 1.94. The Labute approximate surface area is 125 Å². The van der Waals surface area contributed by atoms with E-state index in [0.717, 1.165) is 49.7 Å². The summed E-state index contributed by atoms with van der Waals surface area (Å²) in [6.07, 6.45) is 8.56. The Kier molecular flexibility index (Phi) is 4.10. The Morgan fingerprint density at radius 3 is 2.67 bits per heavy atom. The third-order valence-electron chi connectivity index (χ3n) is 4.47. The molecule has 5 nitrogen and oxygen atoms in total. The zero-order valence-corrected chi connectivity index (χ0v) is 12.8. The van der Waals surface area contributed by atoms with E-state index in [-0.39, 0.29) is 6.10 Å². The number of fused-ring (bicyclic) bond motifs is 1. The average molecular weight is 288 g/mol. The number of aryl methyl sites for hydroxylation is 2. The molecule has 1 aliphatic rings. The molecule has 0 spiro atoms. The van der Waals surface area contributed by atoms with Crippen molar-refractivity contribution in [2.45, 2.75) is 64.6 Å². The molecule has 0 radical (unpaired) electrons. The normalized spacial score (nSPS) is 22.6. The van der Waals surface area contributed by atoms with E-state index in [2.05, 4.69) is 29.2 Å². The second kappa shape index (κ2) is 6.02. The standard InChI is InChI=1S/C16H24N4O/c1-3-11-9-17-16-14(10-18-20(16)4-2)15(11)19-12-5-7-13(21)8-6-12/h9-10,12-13,21H,3-8H2,1-2H3,(H,17,19). The van der Waals surface area contributed by atoms with Gasteiger partial charge in [-0.25, -0.2) is 9.67 Å². The first kappa shape index (κ1) is 14.3. The summed E-state index contributed by atoms with van der Waals surface area (Å²) in [4.78, 5) is 4.57. The van der Waals surface area contributed by atoms with Gasteiger partial charge >= 0.3 is 0 Å². The molecule has 0 aromatic carbocycles. The van der Waals surface area contributed by atoms with Crippen molar-refractivity contribution in [3.8, 4) is 0 Å². The lowest BCUT2D eigenvalue weighted by atomic mass is 9.92. The Hall–Kier alpha value is -1.62. The molecule has 0 aliphatic heterocycles. The van der Waals surface area contributed by atoms with Gasteiger partial charge in [-0.1, -0.05) is 6.92 Å². The van der Waals surface area contributed by atoms with Crippen LogP contribution >= 0.6 is 0 Å². The molecule has 0 saturated heterocycles. The minimum Gasteiger partial charge on any atom is -0.393 e. The van der Waals surface area contributed by atoms with Crippen molar-refractivity contribution < 1.29 is 5.11 Å². The molecule has 0 amide bonds. The molecule has 2 heterocycles. The first-order chi connectivity index (χ1) is 10.2. The molecule has 1 saturated carbocycles. The van der Waals surface area contributed by atoms with Gasteiger partial charge in [0.05, 0.1) is 23.4 Å². The molecule has 2 N–H and O–H groups in total. The van der Waals surface area contributed by atoms with Crippen LogP contribution in [0.4, 0.5) is 5.69 Å². The molecular formula is C16H24N4O. The Balaban J connectivity index is 1.93. The minimum absolute atomic E-state index is 0.117. The van der Waals surface area contributed by atoms with Crippen molar-refractivity contribution >= 4 is 16.7 Å². The third kappa shape index (κ3) is 2.75. The molecule has 0 bridgehead atoms. The quantitative estimate of drug-likeness (QED) is 0.908. The zero-order valence-electron chi connectivity index (χ0n) is 12.8. The molecule has 1 fully saturated rings. The predicted octanol–water partition coefficient (Wildman–Crippen LogP) is 2.73. The van der Waals surface area contributed by atoms with E-state index in [4.69, 9.17) is 0 Å². The second-order valence-corrected chi connectivity index (χ2v) is 5.86. The minimum atomic E-state index is -0.117. The van der Waals surface area contributed by atoms with E-state index in [1.54, 1.807) is 0 Å². The van der Waals surface area contributed by atoms with Crippen LogP contribution in [0.25, 0.3) is 11.0 Å². The van der Waals surface area contributed by atoms with Crippen LogP contribution in [0.3, 0.4) is 0 Å². The topological polar surface area (TPSA) is 63.0 Å². The lowest BCUT2D eigenvalue weighted by Gasteiger charge is -2.28. The molecular weight excluding hydrogens is 264 g/mol. The van der Waals surface area contributed by atoms with Crippen LogP contribution < -0.4 is 5.32 Å². The lowest BCUT2D eigenvalue weighted by Crippen LogP contribution is -2.28. The highest BCUT2D eigenvalue weighted by molar-refractivity contribution is 5.90. The largest absolute Gasteiger partial charge is 0.393 e. The summed E-state index contributed by atoms with van der Waals surface area (Å²) in [7, 11) is 0. The molecule has 5 heteroatoms. The molecule has 2 aromatic heterocycles. The fourth-order valence-electron chi connectivity index (χ4n) is 3.16. The number of nitrogens with zero attached hydrogens (tertiary/aromatic N) is 3. The molecule has 3 rings (SSSR count).